The van der Waals surface area contributed by atoms with Gasteiger partial charge >= 0.3 is 0 Å². The molecule has 10 heteroatoms. The highest BCUT2D eigenvalue weighted by atomic mass is 32.2. The quantitative estimate of drug-likeness (QED) is 0.392. The molecule has 0 radical (unpaired) electrons. The Morgan fingerprint density at radius 2 is 1.64 bits per heavy atom. The van der Waals surface area contributed by atoms with E-state index in [0.29, 0.717) is 18.0 Å². The van der Waals surface area contributed by atoms with Crippen LogP contribution in [0.5, 0.6) is 11.5 Å². The molecule has 1 N–H and O–H groups in total. The maximum atomic E-state index is 14.0. The zero-order chi connectivity index (χ0) is 28.0. The number of hydrogen-bond acceptors (Lipinski definition) is 6. The van der Waals surface area contributed by atoms with Crippen LogP contribution in [0.25, 0.3) is 0 Å². The Labute approximate surface area is 229 Å². The van der Waals surface area contributed by atoms with E-state index in [0.717, 1.165) is 27.3 Å². The van der Waals surface area contributed by atoms with Crippen molar-refractivity contribution in [3.63, 3.8) is 0 Å². The molecular formula is C29H33N3O6S. The number of amides is 2. The number of anilines is 1. The molecule has 1 atom stereocenters. The van der Waals surface area contributed by atoms with Crippen molar-refractivity contribution in [1.29, 1.82) is 0 Å². The molecule has 0 saturated heterocycles. The minimum absolute atomic E-state index is 0.0363. The van der Waals surface area contributed by atoms with Crippen molar-refractivity contribution >= 4 is 27.5 Å². The largest absolute Gasteiger partial charge is 0.454 e. The van der Waals surface area contributed by atoms with E-state index >= 15 is 0 Å². The highest BCUT2D eigenvalue weighted by Gasteiger charge is 2.33. The Morgan fingerprint density at radius 3 is 2.31 bits per heavy atom. The zero-order valence-electron chi connectivity index (χ0n) is 22.3. The molecule has 0 unspecified atom stereocenters. The molecule has 3 aromatic rings. The summed E-state index contributed by atoms with van der Waals surface area (Å²) < 4.78 is 37.6. The number of nitrogens with one attached hydrogen (secondary N) is 1. The molecule has 9 nitrogen and oxygen atoms in total. The summed E-state index contributed by atoms with van der Waals surface area (Å²) in [4.78, 5) is 28.8. The molecule has 0 aliphatic carbocycles. The van der Waals surface area contributed by atoms with Crippen LogP contribution in [0.2, 0.25) is 0 Å². The Bertz CT molecular complexity index is 1410. The topological polar surface area (TPSA) is 105 Å². The number of nitrogens with zero attached hydrogens (tertiary/aromatic N) is 2. The van der Waals surface area contributed by atoms with Gasteiger partial charge in [0.1, 0.15) is 12.6 Å². The van der Waals surface area contributed by atoms with Crippen LogP contribution in [-0.2, 0) is 32.6 Å². The van der Waals surface area contributed by atoms with Crippen molar-refractivity contribution in [2.75, 3.05) is 30.4 Å². The number of hydrogen-bond donors (Lipinski definition) is 1. The van der Waals surface area contributed by atoms with Gasteiger partial charge in [-0.05, 0) is 37.1 Å². The number of ether oxygens (including phenoxy) is 2. The fourth-order valence-corrected chi connectivity index (χ4v) is 5.23. The number of fused-ring (bicyclic) bond motifs is 1. The Kier molecular flexibility index (Phi) is 8.75. The van der Waals surface area contributed by atoms with Crippen molar-refractivity contribution in [2.24, 2.45) is 0 Å². The molecule has 0 spiro atoms. The van der Waals surface area contributed by atoms with Crippen LogP contribution in [0.4, 0.5) is 5.69 Å². The Hall–Kier alpha value is -4.05. The summed E-state index contributed by atoms with van der Waals surface area (Å²) in [5.74, 6) is 0.0785. The second kappa shape index (κ2) is 12.2. The first-order chi connectivity index (χ1) is 18.7. The van der Waals surface area contributed by atoms with Crippen LogP contribution in [0.1, 0.15) is 23.6 Å². The zero-order valence-corrected chi connectivity index (χ0v) is 23.1. The number of benzene rings is 3. The SMILES string of the molecule is CCNC(=O)[C@@H](Cc1ccccc1)N(Cc1ccc(C)cc1)C(=O)CN(c1ccc2c(c1)OCO2)S(C)(=O)=O. The fourth-order valence-electron chi connectivity index (χ4n) is 4.39. The molecule has 4 rings (SSSR count). The van der Waals surface area contributed by atoms with Crippen LogP contribution in [0.15, 0.2) is 72.8 Å². The van der Waals surface area contributed by atoms with Crippen LogP contribution in [0.3, 0.4) is 0 Å². The van der Waals surface area contributed by atoms with Crippen molar-refractivity contribution in [2.45, 2.75) is 32.9 Å². The lowest BCUT2D eigenvalue weighted by molar-refractivity contribution is -0.140. The standard InChI is InChI=1S/C29H33N3O6S/c1-4-30-29(34)25(16-22-8-6-5-7-9-22)31(18-23-12-10-21(2)11-13-23)28(33)19-32(39(3,35)36)24-14-15-26-27(17-24)38-20-37-26/h5-15,17,25H,4,16,18-20H2,1-3H3,(H,30,34)/t25-/m1/s1. The maximum absolute atomic E-state index is 14.0. The number of rotatable bonds is 11. The van der Waals surface area contributed by atoms with Crippen molar-refractivity contribution in [1.82, 2.24) is 10.2 Å². The van der Waals surface area contributed by atoms with E-state index in [9.17, 15) is 18.0 Å². The van der Waals surface area contributed by atoms with E-state index < -0.39 is 28.5 Å². The van der Waals surface area contributed by atoms with E-state index in [-0.39, 0.29) is 31.4 Å². The molecule has 0 fully saturated rings. The molecule has 0 saturated carbocycles. The van der Waals surface area contributed by atoms with Crippen LogP contribution in [0, 0.1) is 6.92 Å². The van der Waals surface area contributed by atoms with Crippen molar-refractivity contribution < 1.29 is 27.5 Å². The lowest BCUT2D eigenvalue weighted by Crippen LogP contribution is -2.53. The first kappa shape index (κ1) is 28.0. The molecule has 1 aliphatic heterocycles. The lowest BCUT2D eigenvalue weighted by atomic mass is 10.0. The number of sulfonamides is 1. The van der Waals surface area contributed by atoms with Gasteiger partial charge in [0.2, 0.25) is 28.6 Å². The Balaban J connectivity index is 1.71. The molecule has 3 aromatic carbocycles. The van der Waals surface area contributed by atoms with E-state index in [1.807, 2.05) is 68.4 Å². The maximum Gasteiger partial charge on any atom is 0.244 e. The minimum Gasteiger partial charge on any atom is -0.454 e. The van der Waals surface area contributed by atoms with Gasteiger partial charge in [-0.15, -0.1) is 0 Å². The van der Waals surface area contributed by atoms with Gasteiger partial charge < -0.3 is 19.7 Å². The van der Waals surface area contributed by atoms with Gasteiger partial charge in [0.25, 0.3) is 0 Å². The molecule has 206 valence electrons. The number of carbonyl (C=O) groups is 2. The Morgan fingerprint density at radius 1 is 0.949 bits per heavy atom. The number of carbonyl (C=O) groups excluding carboxylic acids is 2. The van der Waals surface area contributed by atoms with E-state index in [1.54, 1.807) is 12.1 Å². The first-order valence-corrected chi connectivity index (χ1v) is 14.5. The summed E-state index contributed by atoms with van der Waals surface area (Å²) >= 11 is 0. The summed E-state index contributed by atoms with van der Waals surface area (Å²) in [6, 6.07) is 21.0. The predicted octanol–water partition coefficient (Wildman–Crippen LogP) is 3.27. The highest BCUT2D eigenvalue weighted by Crippen LogP contribution is 2.36. The van der Waals surface area contributed by atoms with E-state index in [4.69, 9.17) is 9.47 Å². The predicted molar refractivity (Wildman–Crippen MR) is 149 cm³/mol. The molecular weight excluding hydrogens is 518 g/mol. The van der Waals surface area contributed by atoms with Gasteiger partial charge in [0, 0.05) is 25.6 Å². The molecule has 1 aliphatic rings. The van der Waals surface area contributed by atoms with Gasteiger partial charge in [0.05, 0.1) is 11.9 Å². The fraction of sp³-hybridized carbons (Fsp3) is 0.310. The lowest BCUT2D eigenvalue weighted by Gasteiger charge is -2.33. The highest BCUT2D eigenvalue weighted by molar-refractivity contribution is 7.92. The molecule has 0 aromatic heterocycles. The summed E-state index contributed by atoms with van der Waals surface area (Å²) in [5, 5.41) is 2.84. The average Bonchev–Trinajstić information content (AvgIpc) is 3.38. The smallest absolute Gasteiger partial charge is 0.244 e. The third kappa shape index (κ3) is 7.08. The second-order valence-corrected chi connectivity index (χ2v) is 11.3. The molecule has 39 heavy (non-hydrogen) atoms. The van der Waals surface area contributed by atoms with E-state index in [2.05, 4.69) is 5.32 Å². The van der Waals surface area contributed by atoms with Gasteiger partial charge in [-0.25, -0.2) is 8.42 Å². The number of aryl methyl sites for hydroxylation is 1. The molecule has 2 amide bonds. The normalized spacial score (nSPS) is 13.0. The van der Waals surface area contributed by atoms with Gasteiger partial charge in [-0.2, -0.15) is 0 Å². The first-order valence-electron chi connectivity index (χ1n) is 12.7. The molecule has 0 bridgehead atoms. The monoisotopic (exact) mass is 551 g/mol. The summed E-state index contributed by atoms with van der Waals surface area (Å²) in [6.45, 7) is 3.85. The average molecular weight is 552 g/mol. The summed E-state index contributed by atoms with van der Waals surface area (Å²) in [7, 11) is -3.87. The van der Waals surface area contributed by atoms with Gasteiger partial charge in [-0.3, -0.25) is 13.9 Å². The van der Waals surface area contributed by atoms with Crippen molar-refractivity contribution in [3.8, 4) is 11.5 Å². The third-order valence-electron chi connectivity index (χ3n) is 6.42. The minimum atomic E-state index is -3.87. The van der Waals surface area contributed by atoms with Crippen molar-refractivity contribution in [3.05, 3.63) is 89.5 Å². The number of likely N-dealkylation sites (N-methyl/N-ethyl adjacent to an activating group) is 1. The summed E-state index contributed by atoms with van der Waals surface area (Å²) in [5.41, 5.74) is 3.03. The van der Waals surface area contributed by atoms with Gasteiger partial charge in [-0.1, -0.05) is 60.2 Å². The van der Waals surface area contributed by atoms with Crippen LogP contribution >= 0.6 is 0 Å². The third-order valence-corrected chi connectivity index (χ3v) is 7.56. The van der Waals surface area contributed by atoms with E-state index in [1.165, 1.54) is 11.0 Å². The van der Waals surface area contributed by atoms with Gasteiger partial charge in [0.15, 0.2) is 11.5 Å². The molecule has 1 heterocycles. The summed E-state index contributed by atoms with van der Waals surface area (Å²) in [6.07, 6.45) is 1.31. The second-order valence-electron chi connectivity index (χ2n) is 9.41. The van der Waals surface area contributed by atoms with Crippen LogP contribution in [-0.4, -0.2) is 57.3 Å². The van der Waals surface area contributed by atoms with Crippen LogP contribution < -0.4 is 19.1 Å².